The van der Waals surface area contributed by atoms with Crippen LogP contribution < -0.4 is 5.43 Å². The van der Waals surface area contributed by atoms with Crippen LogP contribution in [-0.2, 0) is 11.3 Å². The van der Waals surface area contributed by atoms with Crippen molar-refractivity contribution in [2.75, 3.05) is 19.7 Å². The highest BCUT2D eigenvalue weighted by molar-refractivity contribution is 6.35. The Bertz CT molecular complexity index is 1230. The first-order valence-electron chi connectivity index (χ1n) is 10.7. The number of amides is 1. The average Bonchev–Trinajstić information content (AvgIpc) is 3.38. The second-order valence-electron chi connectivity index (χ2n) is 7.98. The number of halogens is 3. The van der Waals surface area contributed by atoms with Gasteiger partial charge in [0.1, 0.15) is 5.76 Å². The SMILES string of the molecule is O=C(NN1CCCCC1)c1nn(-c2ccc(Cl)cc2Cl)c2c1COC/C2=C\c1ccc(Cl)o1. The molecule has 5 rings (SSSR count). The Hall–Kier alpha value is -2.29. The zero-order chi connectivity index (χ0) is 22.9. The van der Waals surface area contributed by atoms with E-state index in [0.29, 0.717) is 39.4 Å². The van der Waals surface area contributed by atoms with E-state index >= 15 is 0 Å². The third-order valence-corrected chi connectivity index (χ3v) is 6.41. The Labute approximate surface area is 205 Å². The van der Waals surface area contributed by atoms with E-state index in [0.717, 1.165) is 37.2 Å². The smallest absolute Gasteiger partial charge is 0.286 e. The molecule has 1 saturated heterocycles. The summed E-state index contributed by atoms with van der Waals surface area (Å²) in [6.45, 7) is 2.20. The summed E-state index contributed by atoms with van der Waals surface area (Å²) >= 11 is 18.6. The Morgan fingerprint density at radius 2 is 1.88 bits per heavy atom. The van der Waals surface area contributed by atoms with Crippen LogP contribution >= 0.6 is 34.8 Å². The molecule has 0 aliphatic carbocycles. The molecule has 0 bridgehead atoms. The molecule has 0 saturated carbocycles. The maximum absolute atomic E-state index is 13.2. The third-order valence-electron chi connectivity index (χ3n) is 5.67. The van der Waals surface area contributed by atoms with E-state index in [4.69, 9.17) is 44.0 Å². The van der Waals surface area contributed by atoms with E-state index < -0.39 is 0 Å². The topological polar surface area (TPSA) is 72.5 Å². The van der Waals surface area contributed by atoms with Gasteiger partial charge in [-0.25, -0.2) is 9.69 Å². The van der Waals surface area contributed by atoms with Gasteiger partial charge in [0.05, 0.1) is 29.6 Å². The lowest BCUT2D eigenvalue weighted by Crippen LogP contribution is -2.45. The monoisotopic (exact) mass is 506 g/mol. The molecule has 172 valence electrons. The Balaban J connectivity index is 1.61. The quantitative estimate of drug-likeness (QED) is 0.496. The van der Waals surface area contributed by atoms with Crippen molar-refractivity contribution in [1.82, 2.24) is 20.2 Å². The van der Waals surface area contributed by atoms with E-state index in [1.165, 1.54) is 6.42 Å². The van der Waals surface area contributed by atoms with Crippen LogP contribution in [0.4, 0.5) is 0 Å². The number of hydrogen-bond acceptors (Lipinski definition) is 5. The van der Waals surface area contributed by atoms with Gasteiger partial charge < -0.3 is 9.15 Å². The van der Waals surface area contributed by atoms with E-state index in [1.54, 1.807) is 35.0 Å². The molecule has 2 aromatic heterocycles. The fourth-order valence-corrected chi connectivity index (χ4v) is 4.79. The lowest BCUT2D eigenvalue weighted by molar-refractivity contribution is 0.0738. The van der Waals surface area contributed by atoms with Crippen LogP contribution in [0.5, 0.6) is 0 Å². The van der Waals surface area contributed by atoms with Crippen LogP contribution in [0.1, 0.15) is 46.8 Å². The van der Waals surface area contributed by atoms with Crippen LogP contribution in [0.15, 0.2) is 34.7 Å². The van der Waals surface area contributed by atoms with Crippen molar-refractivity contribution in [1.29, 1.82) is 0 Å². The number of piperidine rings is 1. The van der Waals surface area contributed by atoms with E-state index in [9.17, 15) is 4.79 Å². The van der Waals surface area contributed by atoms with Gasteiger partial charge in [0.25, 0.3) is 5.91 Å². The maximum atomic E-state index is 13.2. The van der Waals surface area contributed by atoms with Gasteiger partial charge in [-0.3, -0.25) is 10.2 Å². The van der Waals surface area contributed by atoms with Crippen LogP contribution in [-0.4, -0.2) is 40.4 Å². The number of benzene rings is 1. The summed E-state index contributed by atoms with van der Waals surface area (Å²) in [4.78, 5) is 13.2. The molecular weight excluding hydrogens is 487 g/mol. The highest BCUT2D eigenvalue weighted by atomic mass is 35.5. The molecule has 1 N–H and O–H groups in total. The molecule has 0 radical (unpaired) electrons. The number of fused-ring (bicyclic) bond motifs is 1. The molecule has 7 nitrogen and oxygen atoms in total. The predicted octanol–water partition coefficient (Wildman–Crippen LogP) is 5.63. The van der Waals surface area contributed by atoms with Crippen molar-refractivity contribution in [3.05, 3.63) is 68.3 Å². The fraction of sp³-hybridized carbons (Fsp3) is 0.304. The number of aromatic nitrogens is 2. The second-order valence-corrected chi connectivity index (χ2v) is 9.19. The number of hydrazine groups is 1. The highest BCUT2D eigenvalue weighted by Gasteiger charge is 2.30. The molecule has 1 amide bonds. The molecule has 0 unspecified atom stereocenters. The normalized spacial score (nSPS) is 17.8. The van der Waals surface area contributed by atoms with Crippen molar-refractivity contribution >= 4 is 52.4 Å². The van der Waals surface area contributed by atoms with Gasteiger partial charge in [0, 0.05) is 29.2 Å². The second kappa shape index (κ2) is 9.52. The Morgan fingerprint density at radius 3 is 2.61 bits per heavy atom. The van der Waals surface area contributed by atoms with Gasteiger partial charge in [-0.15, -0.1) is 0 Å². The number of ether oxygens (including phenoxy) is 1. The van der Waals surface area contributed by atoms with E-state index in [2.05, 4.69) is 10.5 Å². The zero-order valence-electron chi connectivity index (χ0n) is 17.6. The first-order chi connectivity index (χ1) is 16.0. The van der Waals surface area contributed by atoms with Crippen molar-refractivity contribution in [3.8, 4) is 5.69 Å². The van der Waals surface area contributed by atoms with Crippen molar-refractivity contribution in [3.63, 3.8) is 0 Å². The number of hydrogen-bond donors (Lipinski definition) is 1. The van der Waals surface area contributed by atoms with Crippen molar-refractivity contribution in [2.45, 2.75) is 25.9 Å². The minimum Gasteiger partial charge on any atom is -0.445 e. The molecule has 10 heteroatoms. The largest absolute Gasteiger partial charge is 0.445 e. The summed E-state index contributed by atoms with van der Waals surface area (Å²) in [6.07, 6.45) is 5.10. The van der Waals surface area contributed by atoms with Gasteiger partial charge in [-0.2, -0.15) is 5.10 Å². The van der Waals surface area contributed by atoms with Gasteiger partial charge in [-0.1, -0.05) is 29.6 Å². The van der Waals surface area contributed by atoms with Crippen LogP contribution in [0.25, 0.3) is 17.3 Å². The lowest BCUT2D eigenvalue weighted by Gasteiger charge is -2.26. The molecular formula is C23H21Cl3N4O3. The zero-order valence-corrected chi connectivity index (χ0v) is 19.9. The first-order valence-corrected chi connectivity index (χ1v) is 11.8. The first kappa shape index (κ1) is 22.5. The molecule has 1 fully saturated rings. The molecule has 1 aromatic carbocycles. The van der Waals surface area contributed by atoms with Crippen LogP contribution in [0.3, 0.4) is 0 Å². The summed E-state index contributed by atoms with van der Waals surface area (Å²) in [5.41, 5.74) is 6.12. The molecule has 2 aliphatic heterocycles. The van der Waals surface area contributed by atoms with Gasteiger partial charge in [-0.05, 0) is 60.9 Å². The summed E-state index contributed by atoms with van der Waals surface area (Å²) < 4.78 is 13.0. The highest BCUT2D eigenvalue weighted by Crippen LogP contribution is 2.35. The Kier molecular flexibility index (Phi) is 6.49. The number of rotatable bonds is 4. The fourth-order valence-electron chi connectivity index (χ4n) is 4.15. The third kappa shape index (κ3) is 4.69. The summed E-state index contributed by atoms with van der Waals surface area (Å²) in [5, 5.41) is 7.85. The minimum atomic E-state index is -0.275. The summed E-state index contributed by atoms with van der Waals surface area (Å²) in [7, 11) is 0. The number of carbonyl (C=O) groups is 1. The van der Waals surface area contributed by atoms with Gasteiger partial charge >= 0.3 is 0 Å². The molecule has 2 aliphatic rings. The number of nitrogens with one attached hydrogen (secondary N) is 1. The van der Waals surface area contributed by atoms with E-state index in [-0.39, 0.29) is 17.7 Å². The minimum absolute atomic E-state index is 0.250. The van der Waals surface area contributed by atoms with E-state index in [1.807, 2.05) is 11.1 Å². The number of nitrogens with zero attached hydrogens (tertiary/aromatic N) is 3. The lowest BCUT2D eigenvalue weighted by atomic mass is 10.0. The summed E-state index contributed by atoms with van der Waals surface area (Å²) in [5.74, 6) is 0.295. The van der Waals surface area contributed by atoms with Crippen LogP contribution in [0.2, 0.25) is 15.3 Å². The number of carbonyl (C=O) groups excluding carboxylic acids is 1. The molecule has 0 atom stereocenters. The van der Waals surface area contributed by atoms with Crippen molar-refractivity contribution < 1.29 is 13.9 Å². The van der Waals surface area contributed by atoms with Gasteiger partial charge in [0.2, 0.25) is 0 Å². The number of furan rings is 1. The molecule has 3 aromatic rings. The standard InChI is InChI=1S/C23H21Cl3N4O3/c24-15-4-6-19(18(25)11-15)30-22-14(10-16-5-7-20(26)33-16)12-32-13-17(22)21(27-30)23(31)28-29-8-2-1-3-9-29/h4-7,10-11H,1-3,8-9,12-13H2,(H,28,31)/b14-10+. The van der Waals surface area contributed by atoms with Crippen LogP contribution in [0, 0.1) is 0 Å². The maximum Gasteiger partial charge on any atom is 0.286 e. The molecule has 0 spiro atoms. The predicted molar refractivity (Wildman–Crippen MR) is 128 cm³/mol. The summed E-state index contributed by atoms with van der Waals surface area (Å²) in [6, 6.07) is 8.60. The molecule has 4 heterocycles. The Morgan fingerprint density at radius 1 is 1.06 bits per heavy atom. The van der Waals surface area contributed by atoms with Crippen molar-refractivity contribution in [2.24, 2.45) is 0 Å². The molecule has 33 heavy (non-hydrogen) atoms. The van der Waals surface area contributed by atoms with Gasteiger partial charge in [0.15, 0.2) is 10.9 Å². The average molecular weight is 508 g/mol.